The number of halogens is 1. The fourth-order valence-electron chi connectivity index (χ4n) is 2.75. The lowest BCUT2D eigenvalue weighted by Gasteiger charge is -2.25. The molecule has 6 nitrogen and oxygen atoms in total. The van der Waals surface area contributed by atoms with Crippen molar-refractivity contribution in [1.29, 1.82) is 0 Å². The Morgan fingerprint density at radius 3 is 2.54 bits per heavy atom. The second kappa shape index (κ2) is 7.79. The van der Waals surface area contributed by atoms with Crippen LogP contribution in [0.2, 0.25) is 5.02 Å². The van der Waals surface area contributed by atoms with E-state index < -0.39 is 21.1 Å². The predicted molar refractivity (Wildman–Crippen MR) is 105 cm³/mol. The molecule has 0 fully saturated rings. The molecule has 0 bridgehead atoms. The maximum Gasteiger partial charge on any atom is 0.264 e. The number of benzene rings is 2. The molecule has 0 spiro atoms. The van der Waals surface area contributed by atoms with E-state index in [9.17, 15) is 12.6 Å². The lowest BCUT2D eigenvalue weighted by molar-refractivity contribution is 0.560. The lowest BCUT2D eigenvalue weighted by Crippen LogP contribution is -2.32. The molecule has 0 aliphatic rings. The Morgan fingerprint density at radius 2 is 1.85 bits per heavy atom. The van der Waals surface area contributed by atoms with Crippen LogP contribution in [-0.4, -0.2) is 34.5 Å². The van der Waals surface area contributed by atoms with Gasteiger partial charge in [-0.3, -0.25) is 4.31 Å². The molecule has 0 aliphatic heterocycles. The highest BCUT2D eigenvalue weighted by Crippen LogP contribution is 2.35. The van der Waals surface area contributed by atoms with Crippen molar-refractivity contribution in [1.82, 2.24) is 4.98 Å². The standard InChI is InChI=1S/C17H17ClN2O4S2/c18-14-12-19-15-8-4-9-16(17(14)15)20(10-5-11-25(21)22)26(23,24)13-6-2-1-3-7-13/h1-4,6-9,12,19H,5,10-11H2,(H,21,22). The van der Waals surface area contributed by atoms with Gasteiger partial charge in [-0.1, -0.05) is 35.9 Å². The summed E-state index contributed by atoms with van der Waals surface area (Å²) in [6, 6.07) is 13.3. The van der Waals surface area contributed by atoms with Crippen LogP contribution in [0.4, 0.5) is 5.69 Å². The molecule has 3 aromatic rings. The van der Waals surface area contributed by atoms with E-state index in [4.69, 9.17) is 16.2 Å². The first kappa shape index (κ1) is 18.9. The fraction of sp³-hybridized carbons (Fsp3) is 0.176. The van der Waals surface area contributed by atoms with E-state index in [0.29, 0.717) is 21.6 Å². The topological polar surface area (TPSA) is 90.5 Å². The second-order valence-corrected chi connectivity index (χ2v) is 8.93. The Morgan fingerprint density at radius 1 is 1.12 bits per heavy atom. The maximum absolute atomic E-state index is 13.2. The number of nitrogens with one attached hydrogen (secondary N) is 1. The molecule has 26 heavy (non-hydrogen) atoms. The molecule has 0 amide bonds. The van der Waals surface area contributed by atoms with Crippen molar-refractivity contribution in [3.05, 3.63) is 59.8 Å². The van der Waals surface area contributed by atoms with Gasteiger partial charge in [-0.05, 0) is 30.7 Å². The molecule has 9 heteroatoms. The number of sulfonamides is 1. The number of nitrogens with zero attached hydrogens (tertiary/aromatic N) is 1. The van der Waals surface area contributed by atoms with Gasteiger partial charge in [-0.2, -0.15) is 0 Å². The third-order valence-electron chi connectivity index (χ3n) is 3.92. The molecule has 1 unspecified atom stereocenters. The zero-order valence-electron chi connectivity index (χ0n) is 13.6. The molecule has 0 aliphatic carbocycles. The highest BCUT2D eigenvalue weighted by atomic mass is 35.5. The average molecular weight is 413 g/mol. The van der Waals surface area contributed by atoms with Gasteiger partial charge in [0, 0.05) is 23.6 Å². The minimum Gasteiger partial charge on any atom is -0.360 e. The summed E-state index contributed by atoms with van der Waals surface area (Å²) >= 11 is 4.27. The third-order valence-corrected chi connectivity index (χ3v) is 6.68. The number of hydrogen-bond donors (Lipinski definition) is 2. The number of anilines is 1. The highest BCUT2D eigenvalue weighted by molar-refractivity contribution is 7.92. The van der Waals surface area contributed by atoms with E-state index in [2.05, 4.69) is 4.98 Å². The van der Waals surface area contributed by atoms with Crippen LogP contribution in [-0.2, 0) is 21.1 Å². The highest BCUT2D eigenvalue weighted by Gasteiger charge is 2.27. The number of rotatable bonds is 7. The molecule has 2 aromatic carbocycles. The number of aromatic nitrogens is 1. The summed E-state index contributed by atoms with van der Waals surface area (Å²) in [5.74, 6) is -0.0162. The smallest absolute Gasteiger partial charge is 0.264 e. The van der Waals surface area contributed by atoms with Crippen molar-refractivity contribution in [3.8, 4) is 0 Å². The first-order valence-corrected chi connectivity index (χ1v) is 10.9. The van der Waals surface area contributed by atoms with Crippen LogP contribution in [0.1, 0.15) is 6.42 Å². The predicted octanol–water partition coefficient (Wildman–Crippen LogP) is 3.63. The van der Waals surface area contributed by atoms with Gasteiger partial charge in [-0.15, -0.1) is 0 Å². The largest absolute Gasteiger partial charge is 0.360 e. The number of H-pyrrole nitrogens is 1. The second-order valence-electron chi connectivity index (χ2n) is 5.61. The molecule has 1 aromatic heterocycles. The average Bonchev–Trinajstić information content (AvgIpc) is 3.01. The van der Waals surface area contributed by atoms with Crippen LogP contribution in [0.15, 0.2) is 59.6 Å². The van der Waals surface area contributed by atoms with Gasteiger partial charge in [0.1, 0.15) is 0 Å². The molecule has 1 heterocycles. The van der Waals surface area contributed by atoms with Crippen LogP contribution >= 0.6 is 11.6 Å². The summed E-state index contributed by atoms with van der Waals surface area (Å²) in [6.07, 6.45) is 1.83. The minimum absolute atomic E-state index is 0.0162. The summed E-state index contributed by atoms with van der Waals surface area (Å²) in [4.78, 5) is 3.15. The van der Waals surface area contributed by atoms with Gasteiger partial charge in [0.25, 0.3) is 10.0 Å². The normalized spacial score (nSPS) is 13.0. The van der Waals surface area contributed by atoms with Crippen molar-refractivity contribution in [2.24, 2.45) is 0 Å². The quantitative estimate of drug-likeness (QED) is 0.580. The molecule has 3 rings (SSSR count). The fourth-order valence-corrected chi connectivity index (χ4v) is 4.92. The number of hydrogen-bond acceptors (Lipinski definition) is 3. The van der Waals surface area contributed by atoms with Gasteiger partial charge in [0.2, 0.25) is 0 Å². The Bertz CT molecular complexity index is 1040. The molecule has 1 atom stereocenters. The zero-order valence-corrected chi connectivity index (χ0v) is 16.0. The van der Waals surface area contributed by atoms with Crippen molar-refractivity contribution >= 4 is 49.3 Å². The summed E-state index contributed by atoms with van der Waals surface area (Å²) in [6.45, 7) is 0.0597. The molecular formula is C17H17ClN2O4S2. The van der Waals surface area contributed by atoms with Crippen molar-refractivity contribution in [2.45, 2.75) is 11.3 Å². The minimum atomic E-state index is -3.86. The SMILES string of the molecule is O=S(O)CCCN(c1cccc2[nH]cc(Cl)c12)S(=O)(=O)c1ccccc1. The monoisotopic (exact) mass is 412 g/mol. The van der Waals surface area contributed by atoms with Gasteiger partial charge < -0.3 is 9.54 Å². The van der Waals surface area contributed by atoms with Gasteiger partial charge in [0.15, 0.2) is 11.1 Å². The summed E-state index contributed by atoms with van der Waals surface area (Å²) in [5.41, 5.74) is 1.15. The Kier molecular flexibility index (Phi) is 5.67. The molecule has 0 radical (unpaired) electrons. The number of aromatic amines is 1. The van der Waals surface area contributed by atoms with Crippen molar-refractivity contribution < 1.29 is 17.2 Å². The van der Waals surface area contributed by atoms with Crippen LogP contribution < -0.4 is 4.31 Å². The van der Waals surface area contributed by atoms with E-state index in [0.717, 1.165) is 0 Å². The van der Waals surface area contributed by atoms with E-state index in [1.807, 2.05) is 0 Å². The first-order valence-electron chi connectivity index (χ1n) is 7.82. The number of fused-ring (bicyclic) bond motifs is 1. The van der Waals surface area contributed by atoms with Crippen LogP contribution in [0, 0.1) is 0 Å². The molecule has 138 valence electrons. The third kappa shape index (κ3) is 3.78. The summed E-state index contributed by atoms with van der Waals surface area (Å²) in [5, 5.41) is 1.01. The van der Waals surface area contributed by atoms with Crippen LogP contribution in [0.25, 0.3) is 10.9 Å². The van der Waals surface area contributed by atoms with E-state index in [1.54, 1.807) is 42.6 Å². The van der Waals surface area contributed by atoms with E-state index in [-0.39, 0.29) is 23.6 Å². The Balaban J connectivity index is 2.11. The first-order chi connectivity index (χ1) is 12.4. The summed E-state index contributed by atoms with van der Waals surface area (Å²) < 4.78 is 47.7. The van der Waals surface area contributed by atoms with Crippen LogP contribution in [0.3, 0.4) is 0 Å². The van der Waals surface area contributed by atoms with E-state index >= 15 is 0 Å². The van der Waals surface area contributed by atoms with Crippen molar-refractivity contribution in [2.75, 3.05) is 16.6 Å². The molecule has 0 saturated carbocycles. The Labute approximate surface area is 159 Å². The Hall–Kier alpha value is -1.87. The van der Waals surface area contributed by atoms with Crippen molar-refractivity contribution in [3.63, 3.8) is 0 Å². The van der Waals surface area contributed by atoms with Gasteiger partial charge in [-0.25, -0.2) is 12.6 Å². The maximum atomic E-state index is 13.2. The van der Waals surface area contributed by atoms with Crippen LogP contribution in [0.5, 0.6) is 0 Å². The van der Waals surface area contributed by atoms with E-state index in [1.165, 1.54) is 16.4 Å². The molecule has 2 N–H and O–H groups in total. The van der Waals surface area contributed by atoms with Gasteiger partial charge in [0.05, 0.1) is 21.4 Å². The summed E-state index contributed by atoms with van der Waals surface area (Å²) in [7, 11) is -3.86. The zero-order chi connectivity index (χ0) is 18.7. The molecule has 0 saturated heterocycles. The molecular weight excluding hydrogens is 396 g/mol. The lowest BCUT2D eigenvalue weighted by atomic mass is 10.2. The van der Waals surface area contributed by atoms with Gasteiger partial charge >= 0.3 is 0 Å².